The maximum Gasteiger partial charge on any atom is 0.0790 e. The molecule has 0 fully saturated rings. The summed E-state index contributed by atoms with van der Waals surface area (Å²) >= 11 is 12.2. The fourth-order valence-corrected chi connectivity index (χ4v) is 2.47. The highest BCUT2D eigenvalue weighted by molar-refractivity contribution is 6.43. The average Bonchev–Trinajstić information content (AvgIpc) is 2.48. The van der Waals surface area contributed by atoms with Gasteiger partial charge in [-0.15, -0.1) is 0 Å². The van der Waals surface area contributed by atoms with Crippen LogP contribution in [-0.4, -0.2) is 16.8 Å². The first-order chi connectivity index (χ1) is 9.63. The van der Waals surface area contributed by atoms with Gasteiger partial charge in [0.05, 0.1) is 16.1 Å². The molecule has 1 atom stereocenters. The number of benzene rings is 2. The lowest BCUT2D eigenvalue weighted by Gasteiger charge is -2.11. The van der Waals surface area contributed by atoms with Gasteiger partial charge < -0.3 is 10.2 Å². The molecule has 2 aromatic carbocycles. The first-order valence-electron chi connectivity index (χ1n) is 6.46. The van der Waals surface area contributed by atoms with E-state index in [0.717, 1.165) is 16.7 Å². The number of aliphatic hydroxyl groups excluding tert-OH is 2. The molecular formula is C16H16Cl2O2. The number of halogens is 2. The Kier molecular flexibility index (Phi) is 5.44. The van der Waals surface area contributed by atoms with Crippen molar-refractivity contribution in [3.8, 4) is 11.1 Å². The van der Waals surface area contributed by atoms with Crippen molar-refractivity contribution in [1.82, 2.24) is 0 Å². The first-order valence-corrected chi connectivity index (χ1v) is 7.22. The highest BCUT2D eigenvalue weighted by Crippen LogP contribution is 2.34. The van der Waals surface area contributed by atoms with E-state index in [0.29, 0.717) is 22.9 Å². The first kappa shape index (κ1) is 15.3. The van der Waals surface area contributed by atoms with Crippen LogP contribution in [0, 0.1) is 0 Å². The summed E-state index contributed by atoms with van der Waals surface area (Å²) in [5.74, 6) is 0. The van der Waals surface area contributed by atoms with E-state index in [1.54, 1.807) is 6.07 Å². The van der Waals surface area contributed by atoms with E-state index in [1.807, 2.05) is 36.4 Å². The van der Waals surface area contributed by atoms with Crippen molar-refractivity contribution < 1.29 is 10.2 Å². The molecule has 4 heteroatoms. The smallest absolute Gasteiger partial charge is 0.0790 e. The minimum atomic E-state index is -0.550. The minimum Gasteiger partial charge on any atom is -0.396 e. The molecular weight excluding hydrogens is 295 g/mol. The summed E-state index contributed by atoms with van der Waals surface area (Å²) in [6.07, 6.45) is 0.586. The molecule has 0 saturated carbocycles. The highest BCUT2D eigenvalue weighted by atomic mass is 35.5. The van der Waals surface area contributed by atoms with Gasteiger partial charge in [-0.05, 0) is 30.0 Å². The van der Waals surface area contributed by atoms with Gasteiger partial charge in [0.2, 0.25) is 0 Å². The van der Waals surface area contributed by atoms with Crippen LogP contribution in [0.2, 0.25) is 10.0 Å². The topological polar surface area (TPSA) is 40.5 Å². The lowest BCUT2D eigenvalue weighted by atomic mass is 10.00. The van der Waals surface area contributed by atoms with Crippen molar-refractivity contribution in [2.45, 2.75) is 18.9 Å². The molecule has 20 heavy (non-hydrogen) atoms. The lowest BCUT2D eigenvalue weighted by Crippen LogP contribution is -1.98. The van der Waals surface area contributed by atoms with Gasteiger partial charge in [0, 0.05) is 12.2 Å². The summed E-state index contributed by atoms with van der Waals surface area (Å²) < 4.78 is 0. The fraction of sp³-hybridized carbons (Fsp3) is 0.250. The maximum absolute atomic E-state index is 9.95. The van der Waals surface area contributed by atoms with Gasteiger partial charge in [0.1, 0.15) is 0 Å². The Bertz CT molecular complexity index is 567. The molecule has 0 aliphatic heterocycles. The van der Waals surface area contributed by atoms with E-state index in [9.17, 15) is 5.11 Å². The Morgan fingerprint density at radius 1 is 1.00 bits per heavy atom. The molecule has 2 nitrogen and oxygen atoms in total. The van der Waals surface area contributed by atoms with Crippen LogP contribution in [-0.2, 0) is 0 Å². The van der Waals surface area contributed by atoms with Gasteiger partial charge in [-0.3, -0.25) is 0 Å². The van der Waals surface area contributed by atoms with E-state index in [1.165, 1.54) is 0 Å². The Morgan fingerprint density at radius 3 is 2.35 bits per heavy atom. The van der Waals surface area contributed by atoms with Gasteiger partial charge in [-0.2, -0.15) is 0 Å². The van der Waals surface area contributed by atoms with Gasteiger partial charge in [0.25, 0.3) is 0 Å². The molecule has 0 radical (unpaired) electrons. The average molecular weight is 311 g/mol. The summed E-state index contributed by atoms with van der Waals surface area (Å²) in [5, 5.41) is 19.8. The van der Waals surface area contributed by atoms with Crippen LogP contribution in [0.4, 0.5) is 0 Å². The predicted molar refractivity (Wildman–Crippen MR) is 83.2 cm³/mol. The second kappa shape index (κ2) is 7.09. The normalized spacial score (nSPS) is 12.4. The molecule has 106 valence electrons. The highest BCUT2D eigenvalue weighted by Gasteiger charge is 2.09. The molecule has 0 aromatic heterocycles. The van der Waals surface area contributed by atoms with Crippen molar-refractivity contribution in [1.29, 1.82) is 0 Å². The molecule has 0 spiro atoms. The van der Waals surface area contributed by atoms with E-state index >= 15 is 0 Å². The third kappa shape index (κ3) is 3.53. The molecule has 0 saturated heterocycles. The van der Waals surface area contributed by atoms with E-state index < -0.39 is 6.10 Å². The zero-order valence-electron chi connectivity index (χ0n) is 10.9. The summed E-state index contributed by atoms with van der Waals surface area (Å²) in [4.78, 5) is 0. The monoisotopic (exact) mass is 310 g/mol. The van der Waals surface area contributed by atoms with Gasteiger partial charge in [0.15, 0.2) is 0 Å². The van der Waals surface area contributed by atoms with Crippen molar-refractivity contribution in [3.63, 3.8) is 0 Å². The second-order valence-electron chi connectivity index (χ2n) is 4.61. The van der Waals surface area contributed by atoms with Crippen LogP contribution >= 0.6 is 23.2 Å². The van der Waals surface area contributed by atoms with E-state index in [2.05, 4.69) is 0 Å². The Hall–Kier alpha value is -1.06. The van der Waals surface area contributed by atoms with E-state index in [-0.39, 0.29) is 6.61 Å². The maximum atomic E-state index is 9.95. The van der Waals surface area contributed by atoms with Crippen molar-refractivity contribution in [2.24, 2.45) is 0 Å². The molecule has 0 aliphatic carbocycles. The summed E-state index contributed by atoms with van der Waals surface area (Å²) in [7, 11) is 0. The van der Waals surface area contributed by atoms with Gasteiger partial charge >= 0.3 is 0 Å². The lowest BCUT2D eigenvalue weighted by molar-refractivity contribution is 0.152. The minimum absolute atomic E-state index is 0.0905. The van der Waals surface area contributed by atoms with Gasteiger partial charge in [-0.1, -0.05) is 59.6 Å². The zero-order chi connectivity index (χ0) is 14.5. The number of aliphatic hydroxyl groups is 2. The fourth-order valence-electron chi connectivity index (χ4n) is 2.06. The standard InChI is InChI=1S/C16H16Cl2O2/c17-14-4-1-3-13(16(14)18)11-6-8-12(9-7-11)15(20)5-2-10-19/h1,3-4,6-9,15,19-20H,2,5,10H2. The van der Waals surface area contributed by atoms with Crippen LogP contribution in [0.3, 0.4) is 0 Å². The Morgan fingerprint density at radius 2 is 1.70 bits per heavy atom. The van der Waals surface area contributed by atoms with Crippen molar-refractivity contribution in [3.05, 3.63) is 58.1 Å². The number of hydrogen-bond acceptors (Lipinski definition) is 2. The molecule has 0 heterocycles. The third-order valence-corrected chi connectivity index (χ3v) is 4.01. The van der Waals surface area contributed by atoms with E-state index in [4.69, 9.17) is 28.3 Å². The van der Waals surface area contributed by atoms with Crippen LogP contribution in [0.15, 0.2) is 42.5 Å². The number of rotatable bonds is 5. The van der Waals surface area contributed by atoms with Crippen LogP contribution < -0.4 is 0 Å². The zero-order valence-corrected chi connectivity index (χ0v) is 12.4. The summed E-state index contributed by atoms with van der Waals surface area (Å²) in [6.45, 7) is 0.0905. The van der Waals surface area contributed by atoms with Crippen LogP contribution in [0.25, 0.3) is 11.1 Å². The van der Waals surface area contributed by atoms with Crippen molar-refractivity contribution >= 4 is 23.2 Å². The largest absolute Gasteiger partial charge is 0.396 e. The Labute approximate surface area is 128 Å². The molecule has 0 bridgehead atoms. The second-order valence-corrected chi connectivity index (χ2v) is 5.39. The molecule has 2 aromatic rings. The molecule has 0 aliphatic rings. The van der Waals surface area contributed by atoms with Crippen molar-refractivity contribution in [2.75, 3.05) is 6.61 Å². The molecule has 2 rings (SSSR count). The Balaban J connectivity index is 2.22. The van der Waals surface area contributed by atoms with Crippen LogP contribution in [0.5, 0.6) is 0 Å². The predicted octanol–water partition coefficient (Wildman–Crippen LogP) is 4.47. The number of hydrogen-bond donors (Lipinski definition) is 2. The SMILES string of the molecule is OCCCC(O)c1ccc(-c2cccc(Cl)c2Cl)cc1. The van der Waals surface area contributed by atoms with Crippen LogP contribution in [0.1, 0.15) is 24.5 Å². The molecule has 2 N–H and O–H groups in total. The molecule has 1 unspecified atom stereocenters. The third-order valence-electron chi connectivity index (χ3n) is 3.19. The quantitative estimate of drug-likeness (QED) is 0.855. The van der Waals surface area contributed by atoms with Gasteiger partial charge in [-0.25, -0.2) is 0 Å². The summed E-state index contributed by atoms with van der Waals surface area (Å²) in [5.41, 5.74) is 2.66. The summed E-state index contributed by atoms with van der Waals surface area (Å²) in [6, 6.07) is 13.1. The molecule has 0 amide bonds.